The molecule has 0 radical (unpaired) electrons. The number of nitrogens with one attached hydrogen (secondary N) is 1. The van der Waals surface area contributed by atoms with Crippen LogP contribution in [-0.2, 0) is 11.3 Å². The Morgan fingerprint density at radius 1 is 1.30 bits per heavy atom. The van der Waals surface area contributed by atoms with Gasteiger partial charge in [0.15, 0.2) is 0 Å². The van der Waals surface area contributed by atoms with Gasteiger partial charge in [0.25, 0.3) is 5.69 Å². The fraction of sp³-hybridized carbons (Fsp3) is 0.176. The van der Waals surface area contributed by atoms with E-state index in [4.69, 9.17) is 4.74 Å². The van der Waals surface area contributed by atoms with Crippen molar-refractivity contribution in [1.29, 1.82) is 0 Å². The predicted octanol–water partition coefficient (Wildman–Crippen LogP) is 2.20. The SMILES string of the molecule is COc1ccc(NC(=O)Cn2nnc(-c3ccccc3C)n2)c([N+](=O)[O-])c1. The first kappa shape index (κ1) is 18.0. The number of tetrazole rings is 1. The van der Waals surface area contributed by atoms with Crippen LogP contribution in [0.15, 0.2) is 42.5 Å². The summed E-state index contributed by atoms with van der Waals surface area (Å²) in [5.41, 5.74) is 1.59. The maximum atomic E-state index is 12.2. The lowest BCUT2D eigenvalue weighted by molar-refractivity contribution is -0.384. The molecule has 27 heavy (non-hydrogen) atoms. The molecule has 2 aromatic carbocycles. The van der Waals surface area contributed by atoms with Gasteiger partial charge in [-0.15, -0.1) is 10.2 Å². The summed E-state index contributed by atoms with van der Waals surface area (Å²) in [7, 11) is 1.40. The number of hydrogen-bond donors (Lipinski definition) is 1. The molecule has 0 aliphatic carbocycles. The quantitative estimate of drug-likeness (QED) is 0.522. The zero-order valence-corrected chi connectivity index (χ0v) is 14.6. The number of aryl methyl sites for hydroxylation is 1. The van der Waals surface area contributed by atoms with E-state index in [9.17, 15) is 14.9 Å². The lowest BCUT2D eigenvalue weighted by Crippen LogP contribution is -2.21. The molecule has 0 aliphatic rings. The minimum absolute atomic E-state index is 0.0602. The predicted molar refractivity (Wildman–Crippen MR) is 96.3 cm³/mol. The number of nitro groups is 1. The van der Waals surface area contributed by atoms with Crippen molar-refractivity contribution in [2.75, 3.05) is 12.4 Å². The second-order valence-electron chi connectivity index (χ2n) is 5.65. The van der Waals surface area contributed by atoms with E-state index in [1.807, 2.05) is 31.2 Å². The standard InChI is InChI=1S/C17H16N6O4/c1-11-5-3-4-6-13(11)17-19-21-22(20-17)10-16(24)18-14-8-7-12(27-2)9-15(14)23(25)26/h3-9H,10H2,1-2H3,(H,18,24). The maximum absolute atomic E-state index is 12.2. The molecular weight excluding hydrogens is 352 g/mol. The van der Waals surface area contributed by atoms with E-state index in [2.05, 4.69) is 20.7 Å². The molecule has 0 saturated carbocycles. The molecule has 3 aromatic rings. The van der Waals surface area contributed by atoms with E-state index in [1.54, 1.807) is 0 Å². The van der Waals surface area contributed by atoms with Crippen LogP contribution in [0.5, 0.6) is 5.75 Å². The van der Waals surface area contributed by atoms with Gasteiger partial charge in [0.05, 0.1) is 18.1 Å². The van der Waals surface area contributed by atoms with Crippen LogP contribution in [0.4, 0.5) is 11.4 Å². The average Bonchev–Trinajstić information content (AvgIpc) is 3.10. The third kappa shape index (κ3) is 4.06. The molecule has 1 heterocycles. The van der Waals surface area contributed by atoms with Gasteiger partial charge >= 0.3 is 0 Å². The van der Waals surface area contributed by atoms with Gasteiger partial charge in [-0.25, -0.2) is 0 Å². The maximum Gasteiger partial charge on any atom is 0.296 e. The summed E-state index contributed by atoms with van der Waals surface area (Å²) in [6.07, 6.45) is 0. The summed E-state index contributed by atoms with van der Waals surface area (Å²) in [6, 6.07) is 11.7. The van der Waals surface area contributed by atoms with Crippen LogP contribution in [0.1, 0.15) is 5.56 Å². The lowest BCUT2D eigenvalue weighted by atomic mass is 10.1. The molecule has 0 bridgehead atoms. The summed E-state index contributed by atoms with van der Waals surface area (Å²) in [6.45, 7) is 1.69. The van der Waals surface area contributed by atoms with Crippen molar-refractivity contribution in [3.63, 3.8) is 0 Å². The number of methoxy groups -OCH3 is 1. The summed E-state index contributed by atoms with van der Waals surface area (Å²) in [5, 5.41) is 25.7. The van der Waals surface area contributed by atoms with Crippen LogP contribution in [0.2, 0.25) is 0 Å². The molecule has 0 spiro atoms. The van der Waals surface area contributed by atoms with Gasteiger partial charge in [0, 0.05) is 5.56 Å². The number of hydrogen-bond acceptors (Lipinski definition) is 7. The Kier molecular flexibility index (Phi) is 5.06. The zero-order valence-electron chi connectivity index (χ0n) is 14.6. The number of ether oxygens (including phenoxy) is 1. The van der Waals surface area contributed by atoms with Gasteiger partial charge in [-0.2, -0.15) is 4.80 Å². The molecule has 1 N–H and O–H groups in total. The van der Waals surface area contributed by atoms with Gasteiger partial charge in [-0.3, -0.25) is 14.9 Å². The first-order valence-corrected chi connectivity index (χ1v) is 7.94. The van der Waals surface area contributed by atoms with Crippen LogP contribution in [0, 0.1) is 17.0 Å². The molecule has 3 rings (SSSR count). The Hall–Kier alpha value is -3.82. The summed E-state index contributed by atoms with van der Waals surface area (Å²) >= 11 is 0. The molecular formula is C17H16N6O4. The fourth-order valence-electron chi connectivity index (χ4n) is 2.46. The number of aromatic nitrogens is 4. The van der Waals surface area contributed by atoms with E-state index in [1.165, 1.54) is 25.3 Å². The van der Waals surface area contributed by atoms with E-state index >= 15 is 0 Å². The summed E-state index contributed by atoms with van der Waals surface area (Å²) < 4.78 is 4.97. The molecule has 10 nitrogen and oxygen atoms in total. The van der Waals surface area contributed by atoms with E-state index in [0.29, 0.717) is 11.6 Å². The largest absolute Gasteiger partial charge is 0.496 e. The number of benzene rings is 2. The highest BCUT2D eigenvalue weighted by Gasteiger charge is 2.18. The molecule has 0 fully saturated rings. The number of anilines is 1. The zero-order chi connectivity index (χ0) is 19.4. The van der Waals surface area contributed by atoms with E-state index < -0.39 is 10.8 Å². The van der Waals surface area contributed by atoms with Crippen molar-refractivity contribution < 1.29 is 14.5 Å². The fourth-order valence-corrected chi connectivity index (χ4v) is 2.46. The molecule has 0 atom stereocenters. The molecule has 1 amide bonds. The Labute approximate surface area is 153 Å². The van der Waals surface area contributed by atoms with E-state index in [-0.39, 0.29) is 17.9 Å². The van der Waals surface area contributed by atoms with Gasteiger partial charge in [-0.1, -0.05) is 24.3 Å². The first-order chi connectivity index (χ1) is 13.0. The Morgan fingerprint density at radius 2 is 2.07 bits per heavy atom. The number of amides is 1. The van der Waals surface area contributed by atoms with Crippen molar-refractivity contribution >= 4 is 17.3 Å². The average molecular weight is 368 g/mol. The van der Waals surface area contributed by atoms with Crippen molar-refractivity contribution in [3.8, 4) is 17.1 Å². The topological polar surface area (TPSA) is 125 Å². The lowest BCUT2D eigenvalue weighted by Gasteiger charge is -2.07. The molecule has 0 saturated heterocycles. The normalized spacial score (nSPS) is 10.4. The monoisotopic (exact) mass is 368 g/mol. The third-order valence-corrected chi connectivity index (χ3v) is 3.80. The Balaban J connectivity index is 1.74. The molecule has 138 valence electrons. The highest BCUT2D eigenvalue weighted by Crippen LogP contribution is 2.28. The summed E-state index contributed by atoms with van der Waals surface area (Å²) in [4.78, 5) is 23.9. The molecule has 0 unspecified atom stereocenters. The van der Waals surface area contributed by atoms with Gasteiger partial charge in [0.2, 0.25) is 11.7 Å². The smallest absolute Gasteiger partial charge is 0.296 e. The van der Waals surface area contributed by atoms with Crippen molar-refractivity contribution in [2.45, 2.75) is 13.5 Å². The summed E-state index contributed by atoms with van der Waals surface area (Å²) in [5.74, 6) is 0.203. The second-order valence-corrected chi connectivity index (χ2v) is 5.65. The Bertz CT molecular complexity index is 1000. The van der Waals surface area contributed by atoms with E-state index in [0.717, 1.165) is 15.9 Å². The van der Waals surface area contributed by atoms with Crippen LogP contribution < -0.4 is 10.1 Å². The number of carbonyl (C=O) groups is 1. The van der Waals surface area contributed by atoms with Crippen molar-refractivity contribution in [1.82, 2.24) is 20.2 Å². The van der Waals surface area contributed by atoms with Gasteiger partial charge in [-0.05, 0) is 29.8 Å². The second kappa shape index (κ2) is 7.60. The molecule has 0 aliphatic heterocycles. The van der Waals surface area contributed by atoms with Gasteiger partial charge < -0.3 is 10.1 Å². The number of nitrogens with zero attached hydrogens (tertiary/aromatic N) is 5. The third-order valence-electron chi connectivity index (χ3n) is 3.80. The minimum Gasteiger partial charge on any atom is -0.496 e. The van der Waals surface area contributed by atoms with Crippen molar-refractivity contribution in [2.24, 2.45) is 0 Å². The van der Waals surface area contributed by atoms with Gasteiger partial charge in [0.1, 0.15) is 18.0 Å². The number of nitro benzene ring substituents is 1. The van der Waals surface area contributed by atoms with Crippen LogP contribution >= 0.6 is 0 Å². The molecule has 10 heteroatoms. The Morgan fingerprint density at radius 3 is 2.78 bits per heavy atom. The van der Waals surface area contributed by atoms with Crippen LogP contribution in [-0.4, -0.2) is 38.1 Å². The highest BCUT2D eigenvalue weighted by molar-refractivity contribution is 5.93. The highest BCUT2D eigenvalue weighted by atomic mass is 16.6. The first-order valence-electron chi connectivity index (χ1n) is 7.94. The number of rotatable bonds is 6. The number of carbonyl (C=O) groups excluding carboxylic acids is 1. The van der Waals surface area contributed by atoms with Crippen LogP contribution in [0.3, 0.4) is 0 Å². The molecule has 1 aromatic heterocycles. The minimum atomic E-state index is -0.595. The van der Waals surface area contributed by atoms with Crippen molar-refractivity contribution in [3.05, 3.63) is 58.1 Å². The van der Waals surface area contributed by atoms with Crippen LogP contribution in [0.25, 0.3) is 11.4 Å².